The molecular weight excluding hydrogens is 291 g/mol. The minimum atomic E-state index is -5.20. The summed E-state index contributed by atoms with van der Waals surface area (Å²) in [6.45, 7) is -0.543. The first-order chi connectivity index (χ1) is 9.21. The highest BCUT2D eigenvalue weighted by atomic mass is 19.4. The molecular formula is C10H9F5N2O3. The molecule has 1 rings (SSSR count). The van der Waals surface area contributed by atoms with Crippen molar-refractivity contribution in [3.63, 3.8) is 0 Å². The van der Waals surface area contributed by atoms with E-state index in [1.54, 1.807) is 0 Å². The van der Waals surface area contributed by atoms with Crippen LogP contribution < -0.4 is 10.5 Å². The summed E-state index contributed by atoms with van der Waals surface area (Å²) in [5.41, 5.74) is 2.58. The summed E-state index contributed by atoms with van der Waals surface area (Å²) in [6.07, 6.45) is -7.88. The van der Waals surface area contributed by atoms with Crippen molar-refractivity contribution >= 4 is 5.97 Å². The highest BCUT2D eigenvalue weighted by molar-refractivity contribution is 5.94. The first-order valence-corrected chi connectivity index (χ1v) is 5.05. The van der Waals surface area contributed by atoms with Crippen LogP contribution in [0.25, 0.3) is 0 Å². The van der Waals surface area contributed by atoms with Crippen LogP contribution in [0.4, 0.5) is 22.0 Å². The van der Waals surface area contributed by atoms with E-state index in [9.17, 15) is 26.7 Å². The van der Waals surface area contributed by atoms with E-state index in [4.69, 9.17) is 5.73 Å². The van der Waals surface area contributed by atoms with Gasteiger partial charge in [-0.2, -0.15) is 0 Å². The minimum Gasteiger partial charge on any atom is -0.465 e. The van der Waals surface area contributed by atoms with Gasteiger partial charge in [-0.05, 0) is 0 Å². The molecule has 0 spiro atoms. The van der Waals surface area contributed by atoms with E-state index < -0.39 is 47.9 Å². The monoisotopic (exact) mass is 300 g/mol. The van der Waals surface area contributed by atoms with Gasteiger partial charge in [-0.15, -0.1) is 13.2 Å². The Labute approximate surface area is 109 Å². The topological polar surface area (TPSA) is 74.4 Å². The van der Waals surface area contributed by atoms with Crippen LogP contribution in [0.2, 0.25) is 0 Å². The fraction of sp³-hybridized carbons (Fsp3) is 0.400. The van der Waals surface area contributed by atoms with Gasteiger partial charge in [-0.3, -0.25) is 4.98 Å². The molecule has 0 aliphatic rings. The molecule has 0 aromatic carbocycles. The number of ether oxygens (including phenoxy) is 2. The molecule has 112 valence electrons. The molecule has 0 aliphatic carbocycles. The predicted molar refractivity (Wildman–Crippen MR) is 55.1 cm³/mol. The lowest BCUT2D eigenvalue weighted by Gasteiger charge is -2.17. The van der Waals surface area contributed by atoms with Crippen molar-refractivity contribution in [3.05, 3.63) is 23.0 Å². The number of pyridine rings is 1. The summed E-state index contributed by atoms with van der Waals surface area (Å²) in [5, 5.41) is 0. The number of nitrogens with zero attached hydrogens (tertiary/aromatic N) is 1. The number of aromatic nitrogens is 1. The van der Waals surface area contributed by atoms with Crippen molar-refractivity contribution in [2.75, 3.05) is 7.11 Å². The van der Waals surface area contributed by atoms with Crippen LogP contribution in [0.3, 0.4) is 0 Å². The molecule has 0 bridgehead atoms. The number of nitrogens with two attached hydrogens (primary N) is 1. The Kier molecular flexibility index (Phi) is 4.82. The lowest BCUT2D eigenvalue weighted by molar-refractivity contribution is -0.275. The summed E-state index contributed by atoms with van der Waals surface area (Å²) >= 11 is 0. The second kappa shape index (κ2) is 5.99. The Bertz CT molecular complexity index is 504. The second-order valence-electron chi connectivity index (χ2n) is 3.41. The average molecular weight is 300 g/mol. The van der Waals surface area contributed by atoms with E-state index >= 15 is 0 Å². The lowest BCUT2D eigenvalue weighted by atomic mass is 10.1. The smallest absolute Gasteiger partial charge is 0.465 e. The molecule has 0 saturated carbocycles. The summed E-state index contributed by atoms with van der Waals surface area (Å²) in [7, 11) is 0.831. The predicted octanol–water partition coefficient (Wildman–Crippen LogP) is 2.16. The lowest BCUT2D eigenvalue weighted by Crippen LogP contribution is -2.23. The maximum atomic E-state index is 12.8. The molecule has 0 unspecified atom stereocenters. The van der Waals surface area contributed by atoms with Crippen LogP contribution in [-0.4, -0.2) is 24.4 Å². The molecule has 0 fully saturated rings. The largest absolute Gasteiger partial charge is 0.573 e. The van der Waals surface area contributed by atoms with E-state index in [2.05, 4.69) is 14.5 Å². The van der Waals surface area contributed by atoms with Gasteiger partial charge in [0.05, 0.1) is 18.4 Å². The number of hydrogen-bond donors (Lipinski definition) is 1. The quantitative estimate of drug-likeness (QED) is 0.681. The van der Waals surface area contributed by atoms with Crippen LogP contribution in [0.15, 0.2) is 6.20 Å². The molecule has 20 heavy (non-hydrogen) atoms. The number of methoxy groups -OCH3 is 1. The van der Waals surface area contributed by atoms with E-state index in [0.29, 0.717) is 6.20 Å². The maximum Gasteiger partial charge on any atom is 0.573 e. The van der Waals surface area contributed by atoms with E-state index in [0.717, 1.165) is 7.11 Å². The average Bonchev–Trinajstić information content (AvgIpc) is 2.35. The van der Waals surface area contributed by atoms with Crippen LogP contribution in [0, 0.1) is 0 Å². The fourth-order valence-electron chi connectivity index (χ4n) is 1.40. The third-order valence-corrected chi connectivity index (χ3v) is 2.17. The van der Waals surface area contributed by atoms with E-state index in [-0.39, 0.29) is 0 Å². The van der Waals surface area contributed by atoms with Gasteiger partial charge in [0.25, 0.3) is 6.43 Å². The van der Waals surface area contributed by atoms with Crippen molar-refractivity contribution in [1.82, 2.24) is 4.98 Å². The molecule has 0 atom stereocenters. The highest BCUT2D eigenvalue weighted by Crippen LogP contribution is 2.35. The number of halogens is 5. The molecule has 2 N–H and O–H groups in total. The van der Waals surface area contributed by atoms with Gasteiger partial charge in [0.1, 0.15) is 5.56 Å². The molecule has 1 aromatic heterocycles. The van der Waals surface area contributed by atoms with Gasteiger partial charge >= 0.3 is 12.3 Å². The standard InChI is InChI=1S/C10H9F5N2O3/c1-19-9(18)6-4(8(11)12)3-17-5(2-16)7(6)20-10(13,14)15/h3,8H,2,16H2,1H3. The molecule has 0 saturated heterocycles. The van der Waals surface area contributed by atoms with Gasteiger partial charge in [0.2, 0.25) is 0 Å². The molecule has 5 nitrogen and oxygen atoms in total. The van der Waals surface area contributed by atoms with Gasteiger partial charge in [-0.25, -0.2) is 13.6 Å². The summed E-state index contributed by atoms with van der Waals surface area (Å²) in [4.78, 5) is 14.8. The Hall–Kier alpha value is -1.97. The van der Waals surface area contributed by atoms with Gasteiger partial charge < -0.3 is 15.2 Å². The number of alkyl halides is 5. The van der Waals surface area contributed by atoms with Crippen molar-refractivity contribution in [3.8, 4) is 5.75 Å². The first kappa shape index (κ1) is 16.1. The number of esters is 1. The second-order valence-corrected chi connectivity index (χ2v) is 3.41. The van der Waals surface area contributed by atoms with Gasteiger partial charge in [0.15, 0.2) is 5.75 Å². The molecule has 1 heterocycles. The normalized spacial score (nSPS) is 11.6. The van der Waals surface area contributed by atoms with Crippen LogP contribution in [-0.2, 0) is 11.3 Å². The summed E-state index contributed by atoms with van der Waals surface area (Å²) in [6, 6.07) is 0. The molecule has 0 amide bonds. The van der Waals surface area contributed by atoms with Crippen molar-refractivity contribution in [2.45, 2.75) is 19.3 Å². The van der Waals surface area contributed by atoms with Gasteiger partial charge in [0, 0.05) is 12.7 Å². The highest BCUT2D eigenvalue weighted by Gasteiger charge is 2.37. The number of hydrogen-bond acceptors (Lipinski definition) is 5. The van der Waals surface area contributed by atoms with E-state index in [1.807, 2.05) is 0 Å². The van der Waals surface area contributed by atoms with Crippen LogP contribution in [0.5, 0.6) is 5.75 Å². The van der Waals surface area contributed by atoms with E-state index in [1.165, 1.54) is 0 Å². The van der Waals surface area contributed by atoms with Crippen molar-refractivity contribution in [2.24, 2.45) is 5.73 Å². The van der Waals surface area contributed by atoms with Crippen molar-refractivity contribution < 1.29 is 36.2 Å². The van der Waals surface area contributed by atoms with Crippen LogP contribution in [0.1, 0.15) is 28.0 Å². The number of rotatable bonds is 4. The number of carbonyl (C=O) groups is 1. The Balaban J connectivity index is 3.55. The molecule has 1 aromatic rings. The van der Waals surface area contributed by atoms with Crippen molar-refractivity contribution in [1.29, 1.82) is 0 Å². The zero-order chi connectivity index (χ0) is 15.5. The Morgan fingerprint density at radius 2 is 2.05 bits per heavy atom. The first-order valence-electron chi connectivity index (χ1n) is 5.05. The SMILES string of the molecule is COC(=O)c1c(C(F)F)cnc(CN)c1OC(F)(F)F. The zero-order valence-corrected chi connectivity index (χ0v) is 10.0. The van der Waals surface area contributed by atoms with Crippen LogP contribution >= 0.6 is 0 Å². The molecule has 0 aliphatic heterocycles. The molecule has 0 radical (unpaired) electrons. The third kappa shape index (κ3) is 3.53. The fourth-order valence-corrected chi connectivity index (χ4v) is 1.40. The maximum absolute atomic E-state index is 12.8. The zero-order valence-electron chi connectivity index (χ0n) is 10.0. The number of carbonyl (C=O) groups excluding carboxylic acids is 1. The van der Waals surface area contributed by atoms with Gasteiger partial charge in [-0.1, -0.05) is 0 Å². The summed E-state index contributed by atoms with van der Waals surface area (Å²) < 4.78 is 70.2. The third-order valence-electron chi connectivity index (χ3n) is 2.17. The summed E-state index contributed by atoms with van der Waals surface area (Å²) in [5.74, 6) is -2.58. The minimum absolute atomic E-state index is 0.493. The Morgan fingerprint density at radius 3 is 2.45 bits per heavy atom. The molecule has 10 heteroatoms. The Morgan fingerprint density at radius 1 is 1.45 bits per heavy atom.